The van der Waals surface area contributed by atoms with Crippen LogP contribution in [-0.4, -0.2) is 37.6 Å². The Hall–Kier alpha value is -3.66. The summed E-state index contributed by atoms with van der Waals surface area (Å²) < 4.78 is 32.5. The van der Waals surface area contributed by atoms with E-state index in [1.54, 1.807) is 19.2 Å². The number of halogens is 3. The summed E-state index contributed by atoms with van der Waals surface area (Å²) in [6.45, 7) is 2.04. The zero-order chi connectivity index (χ0) is 24.7. The van der Waals surface area contributed by atoms with Crippen LogP contribution in [0.3, 0.4) is 0 Å². The van der Waals surface area contributed by atoms with Gasteiger partial charge in [-0.25, -0.2) is 13.8 Å². The molecular weight excluding hydrogens is 478 g/mol. The van der Waals surface area contributed by atoms with Crippen molar-refractivity contribution in [1.82, 2.24) is 30.5 Å². The van der Waals surface area contributed by atoms with E-state index in [-0.39, 0.29) is 23.6 Å². The van der Waals surface area contributed by atoms with Crippen LogP contribution in [0.25, 0.3) is 11.3 Å². The zero-order valence-electron chi connectivity index (χ0n) is 18.9. The predicted octanol–water partition coefficient (Wildman–Crippen LogP) is 4.41. The highest BCUT2D eigenvalue weighted by Gasteiger charge is 2.41. The molecule has 1 amide bonds. The molecule has 35 heavy (non-hydrogen) atoms. The highest BCUT2D eigenvalue weighted by molar-refractivity contribution is 6.29. The van der Waals surface area contributed by atoms with E-state index in [9.17, 15) is 13.6 Å². The lowest BCUT2D eigenvalue weighted by atomic mass is 9.80. The summed E-state index contributed by atoms with van der Waals surface area (Å²) in [4.78, 5) is 19.0. The van der Waals surface area contributed by atoms with Gasteiger partial charge in [-0.3, -0.25) is 4.79 Å². The second-order valence-corrected chi connectivity index (χ2v) is 9.15. The monoisotopic (exact) mass is 498 g/mol. The summed E-state index contributed by atoms with van der Waals surface area (Å²) in [6, 6.07) is 9.66. The summed E-state index contributed by atoms with van der Waals surface area (Å²) >= 11 is 6.18. The van der Waals surface area contributed by atoms with Gasteiger partial charge in [-0.15, -0.1) is 0 Å². The first kappa shape index (κ1) is 23.1. The molecule has 1 N–H and O–H groups in total. The normalized spacial score (nSPS) is 15.1. The highest BCUT2D eigenvalue weighted by Crippen LogP contribution is 2.44. The molecular formula is C24H21ClF2N6O2. The molecule has 0 saturated heterocycles. The molecule has 180 valence electrons. The smallest absolute Gasteiger partial charge is 0.273 e. The van der Waals surface area contributed by atoms with E-state index < -0.39 is 23.0 Å². The summed E-state index contributed by atoms with van der Waals surface area (Å²) in [5.41, 5.74) is 1.32. The minimum absolute atomic E-state index is 0.000416. The maximum atomic E-state index is 14.1. The van der Waals surface area contributed by atoms with Crippen molar-refractivity contribution in [3.63, 3.8) is 0 Å². The van der Waals surface area contributed by atoms with E-state index in [1.807, 2.05) is 13.0 Å². The molecule has 1 fully saturated rings. The number of pyridine rings is 1. The highest BCUT2D eigenvalue weighted by atomic mass is 35.5. The van der Waals surface area contributed by atoms with Crippen molar-refractivity contribution in [2.24, 2.45) is 7.05 Å². The molecule has 4 aromatic rings. The standard InChI is InChI=1S/C24H21ClF2N6O2/c1-24(19-4-3-5-20(25)29-19,22-21(13-6-7-13)30-33(2)31-22)12-28-23(34)17-11-18(35-32-17)15-9-8-14(26)10-16(15)27/h3-5,8-11,13H,6-7,12H2,1-2H3,(H,28,34). The lowest BCUT2D eigenvalue weighted by Crippen LogP contribution is -2.41. The molecule has 1 aliphatic rings. The first-order valence-electron chi connectivity index (χ1n) is 11.0. The number of hydrogen-bond donors (Lipinski definition) is 1. The van der Waals surface area contributed by atoms with Crippen LogP contribution < -0.4 is 5.32 Å². The summed E-state index contributed by atoms with van der Waals surface area (Å²) in [7, 11) is 1.76. The number of hydrogen-bond acceptors (Lipinski definition) is 6. The molecule has 0 spiro atoms. The Labute approximate surface area is 204 Å². The van der Waals surface area contributed by atoms with Gasteiger partial charge in [0.05, 0.1) is 28.1 Å². The first-order valence-corrected chi connectivity index (χ1v) is 11.4. The minimum atomic E-state index is -0.845. The van der Waals surface area contributed by atoms with Gasteiger partial charge in [-0.05, 0) is 44.0 Å². The topological polar surface area (TPSA) is 98.7 Å². The number of carbonyl (C=O) groups is 1. The van der Waals surface area contributed by atoms with Gasteiger partial charge in [0.15, 0.2) is 11.5 Å². The average Bonchev–Trinajstić information content (AvgIpc) is 3.42. The van der Waals surface area contributed by atoms with E-state index in [0.717, 1.165) is 30.7 Å². The molecule has 1 saturated carbocycles. The van der Waals surface area contributed by atoms with Crippen LogP contribution in [0.5, 0.6) is 0 Å². The number of carbonyl (C=O) groups excluding carboxylic acids is 1. The summed E-state index contributed by atoms with van der Waals surface area (Å²) in [5.74, 6) is -1.74. The van der Waals surface area contributed by atoms with E-state index in [4.69, 9.17) is 16.1 Å². The first-order chi connectivity index (χ1) is 16.7. The van der Waals surface area contributed by atoms with Gasteiger partial charge >= 0.3 is 0 Å². The Morgan fingerprint density at radius 3 is 2.74 bits per heavy atom. The van der Waals surface area contributed by atoms with Gasteiger partial charge in [0.2, 0.25) is 0 Å². The molecule has 8 nitrogen and oxygen atoms in total. The average molecular weight is 499 g/mol. The van der Waals surface area contributed by atoms with Crippen LogP contribution in [0.15, 0.2) is 47.0 Å². The number of nitrogens with one attached hydrogen (secondary N) is 1. The van der Waals surface area contributed by atoms with Crippen molar-refractivity contribution in [2.75, 3.05) is 6.54 Å². The van der Waals surface area contributed by atoms with Crippen LogP contribution in [0.1, 0.15) is 53.3 Å². The SMILES string of the molecule is Cn1nc(C2CC2)c(C(C)(CNC(=O)c2cc(-c3ccc(F)cc3F)on2)c2cccc(Cl)n2)n1. The number of amides is 1. The Balaban J connectivity index is 1.43. The van der Waals surface area contributed by atoms with Crippen LogP contribution >= 0.6 is 11.6 Å². The van der Waals surface area contributed by atoms with Gasteiger partial charge in [-0.1, -0.05) is 22.8 Å². The van der Waals surface area contributed by atoms with E-state index in [1.165, 1.54) is 16.9 Å². The molecule has 0 aliphatic heterocycles. The van der Waals surface area contributed by atoms with Crippen molar-refractivity contribution in [3.05, 3.63) is 82.0 Å². The third kappa shape index (κ3) is 4.53. The van der Waals surface area contributed by atoms with Gasteiger partial charge in [-0.2, -0.15) is 15.0 Å². The van der Waals surface area contributed by atoms with Crippen LogP contribution in [0, 0.1) is 11.6 Å². The lowest BCUT2D eigenvalue weighted by Gasteiger charge is -2.28. The quantitative estimate of drug-likeness (QED) is 0.379. The van der Waals surface area contributed by atoms with Crippen molar-refractivity contribution >= 4 is 17.5 Å². The Kier molecular flexibility index (Phi) is 5.84. The van der Waals surface area contributed by atoms with Crippen molar-refractivity contribution in [1.29, 1.82) is 0 Å². The molecule has 1 atom stereocenters. The molecule has 11 heteroatoms. The maximum Gasteiger partial charge on any atom is 0.273 e. The molecule has 1 aromatic carbocycles. The molecule has 1 aliphatic carbocycles. The van der Waals surface area contributed by atoms with Crippen LogP contribution in [0.4, 0.5) is 8.78 Å². The number of benzene rings is 1. The zero-order valence-corrected chi connectivity index (χ0v) is 19.7. The van der Waals surface area contributed by atoms with E-state index in [0.29, 0.717) is 22.5 Å². The van der Waals surface area contributed by atoms with Crippen molar-refractivity contribution in [3.8, 4) is 11.3 Å². The van der Waals surface area contributed by atoms with E-state index >= 15 is 0 Å². The van der Waals surface area contributed by atoms with Crippen LogP contribution in [-0.2, 0) is 12.5 Å². The molecule has 1 unspecified atom stereocenters. The molecule has 0 radical (unpaired) electrons. The number of aromatic nitrogens is 5. The Morgan fingerprint density at radius 2 is 2.03 bits per heavy atom. The van der Waals surface area contributed by atoms with Gasteiger partial charge in [0, 0.05) is 31.6 Å². The summed E-state index contributed by atoms with van der Waals surface area (Å²) in [6.07, 6.45) is 2.05. The molecule has 0 bridgehead atoms. The third-order valence-electron chi connectivity index (χ3n) is 6.05. The van der Waals surface area contributed by atoms with Gasteiger partial charge < -0.3 is 9.84 Å². The van der Waals surface area contributed by atoms with E-state index in [2.05, 4.69) is 25.7 Å². The minimum Gasteiger partial charge on any atom is -0.355 e. The molecule has 3 heterocycles. The summed E-state index contributed by atoms with van der Waals surface area (Å²) in [5, 5.41) is 16.1. The van der Waals surface area contributed by atoms with Crippen molar-refractivity contribution < 1.29 is 18.1 Å². The van der Waals surface area contributed by atoms with Gasteiger partial charge in [0.25, 0.3) is 5.91 Å². The second-order valence-electron chi connectivity index (χ2n) is 8.76. The number of rotatable bonds is 7. The van der Waals surface area contributed by atoms with Gasteiger partial charge in [0.1, 0.15) is 16.8 Å². The predicted molar refractivity (Wildman–Crippen MR) is 123 cm³/mol. The Bertz CT molecular complexity index is 1420. The fourth-order valence-electron chi connectivity index (χ4n) is 4.00. The maximum absolute atomic E-state index is 14.1. The second kappa shape index (κ2) is 8.84. The Morgan fingerprint density at radius 1 is 1.23 bits per heavy atom. The molecule has 3 aromatic heterocycles. The van der Waals surface area contributed by atoms with Crippen LogP contribution in [0.2, 0.25) is 5.15 Å². The number of nitrogens with zero attached hydrogens (tertiary/aromatic N) is 5. The largest absolute Gasteiger partial charge is 0.355 e. The fourth-order valence-corrected chi connectivity index (χ4v) is 4.17. The molecule has 5 rings (SSSR count). The van der Waals surface area contributed by atoms with Crippen molar-refractivity contribution in [2.45, 2.75) is 31.1 Å². The lowest BCUT2D eigenvalue weighted by molar-refractivity contribution is 0.0937. The fraction of sp³-hybridized carbons (Fsp3) is 0.292. The number of aryl methyl sites for hydroxylation is 1. The third-order valence-corrected chi connectivity index (χ3v) is 6.26.